The van der Waals surface area contributed by atoms with Crippen LogP contribution in [0, 0.1) is 0 Å². The van der Waals surface area contributed by atoms with Crippen LogP contribution in [0.25, 0.3) is 11.0 Å². The van der Waals surface area contributed by atoms with Crippen LogP contribution in [-0.2, 0) is 9.53 Å². The van der Waals surface area contributed by atoms with Gasteiger partial charge in [-0.2, -0.15) is 0 Å². The van der Waals surface area contributed by atoms with Crippen molar-refractivity contribution >= 4 is 23.0 Å². The molecule has 1 saturated heterocycles. The van der Waals surface area contributed by atoms with Crippen molar-refractivity contribution < 1.29 is 23.8 Å². The summed E-state index contributed by atoms with van der Waals surface area (Å²) in [5, 5.41) is 10.7. The second-order valence-electron chi connectivity index (χ2n) is 7.78. The smallest absolute Gasteiger partial charge is 0.410 e. The zero-order valence-corrected chi connectivity index (χ0v) is 16.0. The van der Waals surface area contributed by atoms with Crippen LogP contribution in [0.15, 0.2) is 34.7 Å². The summed E-state index contributed by atoms with van der Waals surface area (Å²) in [4.78, 5) is 27.8. The molecule has 2 heterocycles. The normalized spacial score (nSPS) is 17.5. The van der Waals surface area contributed by atoms with Gasteiger partial charge in [0.2, 0.25) is 0 Å². The van der Waals surface area contributed by atoms with E-state index in [-0.39, 0.29) is 6.09 Å². The maximum Gasteiger partial charge on any atom is 0.410 e. The topological polar surface area (TPSA) is 83.2 Å². The molecular formula is C20H26N2O5. The van der Waals surface area contributed by atoms with Crippen LogP contribution in [0.5, 0.6) is 0 Å². The number of para-hydroxylation sites is 1. The van der Waals surface area contributed by atoms with Gasteiger partial charge in [0.05, 0.1) is 0 Å². The van der Waals surface area contributed by atoms with E-state index in [1.54, 1.807) is 11.0 Å². The molecule has 1 aliphatic heterocycles. The summed E-state index contributed by atoms with van der Waals surface area (Å²) in [5.74, 6) is -0.547. The Hall–Kier alpha value is -2.54. The lowest BCUT2D eigenvalue weighted by Gasteiger charge is -2.27. The fraction of sp³-hybridized carbons (Fsp3) is 0.500. The molecule has 2 aromatic rings. The molecule has 3 rings (SSSR count). The average Bonchev–Trinajstić information content (AvgIpc) is 2.83. The number of hydrogen-bond acceptors (Lipinski definition) is 5. The van der Waals surface area contributed by atoms with E-state index in [1.807, 2.05) is 49.9 Å². The highest BCUT2D eigenvalue weighted by atomic mass is 16.6. The number of aliphatic carboxylic acids is 1. The first-order chi connectivity index (χ1) is 12.7. The second kappa shape index (κ2) is 7.60. The second-order valence-corrected chi connectivity index (χ2v) is 7.78. The van der Waals surface area contributed by atoms with E-state index in [2.05, 4.69) is 0 Å². The third-order valence-corrected chi connectivity index (χ3v) is 4.50. The number of fused-ring (bicyclic) bond motifs is 1. The predicted molar refractivity (Wildman–Crippen MR) is 101 cm³/mol. The number of carbonyl (C=O) groups is 2. The van der Waals surface area contributed by atoms with Crippen LogP contribution in [-0.4, -0.2) is 58.7 Å². The van der Waals surface area contributed by atoms with Gasteiger partial charge in [-0.25, -0.2) is 4.79 Å². The first-order valence-electron chi connectivity index (χ1n) is 9.18. The SMILES string of the molecule is CC(C)(C)OC(=O)N1CCCN([C@@H](C(=O)O)c2cc3ccccc3o2)CC1. The van der Waals surface area contributed by atoms with Crippen molar-refractivity contribution in [3.8, 4) is 0 Å². The van der Waals surface area contributed by atoms with Crippen LogP contribution in [0.4, 0.5) is 4.79 Å². The van der Waals surface area contributed by atoms with Gasteiger partial charge in [0.25, 0.3) is 0 Å². The Balaban J connectivity index is 1.75. The Bertz CT molecular complexity index is 790. The Labute approximate surface area is 158 Å². The van der Waals surface area contributed by atoms with Gasteiger partial charge in [-0.1, -0.05) is 18.2 Å². The highest BCUT2D eigenvalue weighted by Crippen LogP contribution is 2.29. The Morgan fingerprint density at radius 1 is 1.15 bits per heavy atom. The number of furan rings is 1. The van der Waals surface area contributed by atoms with Crippen molar-refractivity contribution in [1.29, 1.82) is 0 Å². The predicted octanol–water partition coefficient (Wildman–Crippen LogP) is 3.50. The van der Waals surface area contributed by atoms with Crippen LogP contribution >= 0.6 is 0 Å². The first kappa shape index (κ1) is 19.2. The fourth-order valence-electron chi connectivity index (χ4n) is 3.30. The van der Waals surface area contributed by atoms with Crippen LogP contribution < -0.4 is 0 Å². The van der Waals surface area contributed by atoms with Crippen molar-refractivity contribution in [1.82, 2.24) is 9.80 Å². The molecule has 146 valence electrons. The molecule has 0 saturated carbocycles. The van der Waals surface area contributed by atoms with E-state index < -0.39 is 17.6 Å². The molecule has 1 aromatic carbocycles. The number of nitrogens with zero attached hydrogens (tertiary/aromatic N) is 2. The number of rotatable bonds is 3. The van der Waals surface area contributed by atoms with E-state index in [1.165, 1.54) is 0 Å². The molecule has 1 N–H and O–H groups in total. The van der Waals surface area contributed by atoms with Gasteiger partial charge in [-0.15, -0.1) is 0 Å². The Morgan fingerprint density at radius 2 is 1.89 bits per heavy atom. The maximum atomic E-state index is 12.3. The molecule has 1 atom stereocenters. The standard InChI is InChI=1S/C20H26N2O5/c1-20(2,3)27-19(25)22-10-6-9-21(11-12-22)17(18(23)24)16-13-14-7-4-5-8-15(14)26-16/h4-5,7-8,13,17H,6,9-12H2,1-3H3,(H,23,24)/t17-/m1/s1. The third-order valence-electron chi connectivity index (χ3n) is 4.50. The monoisotopic (exact) mass is 374 g/mol. The van der Waals surface area contributed by atoms with E-state index in [9.17, 15) is 14.7 Å². The molecule has 0 spiro atoms. The zero-order chi connectivity index (χ0) is 19.6. The molecule has 7 nitrogen and oxygen atoms in total. The summed E-state index contributed by atoms with van der Waals surface area (Å²) < 4.78 is 11.2. The summed E-state index contributed by atoms with van der Waals surface area (Å²) >= 11 is 0. The Morgan fingerprint density at radius 3 is 2.56 bits per heavy atom. The number of carbonyl (C=O) groups excluding carboxylic acids is 1. The van der Waals surface area contributed by atoms with Crippen LogP contribution in [0.2, 0.25) is 0 Å². The lowest BCUT2D eigenvalue weighted by molar-refractivity contribution is -0.144. The largest absolute Gasteiger partial charge is 0.480 e. The minimum atomic E-state index is -0.959. The zero-order valence-electron chi connectivity index (χ0n) is 16.0. The minimum absolute atomic E-state index is 0.361. The molecule has 1 fully saturated rings. The molecule has 1 aliphatic rings. The van der Waals surface area contributed by atoms with E-state index in [0.717, 1.165) is 5.39 Å². The van der Waals surface area contributed by atoms with Gasteiger partial charge < -0.3 is 19.2 Å². The summed E-state index contributed by atoms with van der Waals surface area (Å²) in [5.41, 5.74) is 0.116. The Kier molecular flexibility index (Phi) is 5.41. The molecular weight excluding hydrogens is 348 g/mol. The number of carboxylic acids is 1. The number of carboxylic acid groups (broad SMARTS) is 1. The third kappa shape index (κ3) is 4.60. The molecule has 0 unspecified atom stereocenters. The van der Waals surface area contributed by atoms with Crippen molar-refractivity contribution in [3.05, 3.63) is 36.1 Å². The number of ether oxygens (including phenoxy) is 1. The van der Waals surface area contributed by atoms with Crippen LogP contribution in [0.3, 0.4) is 0 Å². The van der Waals surface area contributed by atoms with Gasteiger partial charge in [0.15, 0.2) is 6.04 Å². The van der Waals surface area contributed by atoms with Crippen molar-refractivity contribution in [2.24, 2.45) is 0 Å². The van der Waals surface area contributed by atoms with Crippen molar-refractivity contribution in [3.63, 3.8) is 0 Å². The van der Waals surface area contributed by atoms with Gasteiger partial charge >= 0.3 is 12.1 Å². The number of benzene rings is 1. The lowest BCUT2D eigenvalue weighted by Crippen LogP contribution is -2.40. The molecule has 0 radical (unpaired) electrons. The average molecular weight is 374 g/mol. The lowest BCUT2D eigenvalue weighted by atomic mass is 10.1. The maximum absolute atomic E-state index is 12.3. The summed E-state index contributed by atoms with van der Waals surface area (Å²) in [7, 11) is 0. The molecule has 7 heteroatoms. The summed E-state index contributed by atoms with van der Waals surface area (Å²) in [6.07, 6.45) is 0.309. The quantitative estimate of drug-likeness (QED) is 0.885. The van der Waals surface area contributed by atoms with E-state index >= 15 is 0 Å². The minimum Gasteiger partial charge on any atom is -0.480 e. The molecule has 27 heavy (non-hydrogen) atoms. The highest BCUT2D eigenvalue weighted by Gasteiger charge is 2.33. The van der Waals surface area contributed by atoms with Gasteiger partial charge in [0.1, 0.15) is 16.9 Å². The molecule has 0 bridgehead atoms. The summed E-state index contributed by atoms with van der Waals surface area (Å²) in [6, 6.07) is 8.37. The van der Waals surface area contributed by atoms with Crippen molar-refractivity contribution in [2.45, 2.75) is 38.8 Å². The molecule has 0 aliphatic carbocycles. The van der Waals surface area contributed by atoms with E-state index in [0.29, 0.717) is 43.9 Å². The summed E-state index contributed by atoms with van der Waals surface area (Å²) in [6.45, 7) is 7.45. The molecule has 1 amide bonds. The van der Waals surface area contributed by atoms with Crippen molar-refractivity contribution in [2.75, 3.05) is 26.2 Å². The van der Waals surface area contributed by atoms with Gasteiger partial charge in [-0.3, -0.25) is 9.69 Å². The molecule has 1 aromatic heterocycles. The van der Waals surface area contributed by atoms with Crippen LogP contribution in [0.1, 0.15) is 39.0 Å². The first-order valence-corrected chi connectivity index (χ1v) is 9.18. The van der Waals surface area contributed by atoms with E-state index in [4.69, 9.17) is 9.15 Å². The highest BCUT2D eigenvalue weighted by molar-refractivity contribution is 5.81. The van der Waals surface area contributed by atoms with Gasteiger partial charge in [0, 0.05) is 31.6 Å². The van der Waals surface area contributed by atoms with Gasteiger partial charge in [-0.05, 0) is 39.3 Å². The number of hydrogen-bond donors (Lipinski definition) is 1. The number of amides is 1. The fourth-order valence-corrected chi connectivity index (χ4v) is 3.30.